The van der Waals surface area contributed by atoms with E-state index in [0.717, 1.165) is 0 Å². The zero-order chi connectivity index (χ0) is 13.8. The number of carbonyl (C=O) groups excluding carboxylic acids is 1. The Morgan fingerprint density at radius 1 is 1.32 bits per heavy atom. The van der Waals surface area contributed by atoms with Crippen LogP contribution in [0.3, 0.4) is 0 Å². The Morgan fingerprint density at radius 2 is 2.00 bits per heavy atom. The number of methoxy groups -OCH3 is 2. The summed E-state index contributed by atoms with van der Waals surface area (Å²) >= 11 is 0. The number of aldehydes is 1. The van der Waals surface area contributed by atoms with E-state index >= 15 is 0 Å². The van der Waals surface area contributed by atoms with E-state index in [1.54, 1.807) is 12.1 Å². The molecule has 0 amide bonds. The van der Waals surface area contributed by atoms with Crippen molar-refractivity contribution in [3.8, 4) is 22.9 Å². The maximum atomic E-state index is 11.1. The van der Waals surface area contributed by atoms with Crippen molar-refractivity contribution in [3.63, 3.8) is 0 Å². The molecule has 19 heavy (non-hydrogen) atoms. The first-order chi connectivity index (χ1) is 9.23. The van der Waals surface area contributed by atoms with E-state index in [9.17, 15) is 4.79 Å². The van der Waals surface area contributed by atoms with Gasteiger partial charge in [0.2, 0.25) is 11.7 Å². The van der Waals surface area contributed by atoms with Gasteiger partial charge in [0.05, 0.1) is 20.8 Å². The molecular formula is C12H13N3O4. The summed E-state index contributed by atoms with van der Waals surface area (Å²) in [5, 5.41) is 3.78. The second kappa shape index (κ2) is 5.49. The Bertz CT molecular complexity index is 595. The van der Waals surface area contributed by atoms with E-state index in [1.807, 2.05) is 0 Å². The molecule has 0 saturated heterocycles. The molecule has 0 unspecified atom stereocenters. The van der Waals surface area contributed by atoms with E-state index in [-0.39, 0.29) is 12.4 Å². The minimum atomic E-state index is 0.136. The molecule has 1 heterocycles. The van der Waals surface area contributed by atoms with Gasteiger partial charge in [-0.1, -0.05) is 5.16 Å². The van der Waals surface area contributed by atoms with Gasteiger partial charge < -0.3 is 19.7 Å². The molecule has 0 spiro atoms. The molecule has 0 aliphatic carbocycles. The van der Waals surface area contributed by atoms with Crippen molar-refractivity contribution in [3.05, 3.63) is 23.6 Å². The van der Waals surface area contributed by atoms with E-state index in [0.29, 0.717) is 34.8 Å². The Balaban J connectivity index is 2.57. The summed E-state index contributed by atoms with van der Waals surface area (Å²) in [4.78, 5) is 15.2. The number of hydrogen-bond acceptors (Lipinski definition) is 7. The number of nitrogens with zero attached hydrogens (tertiary/aromatic N) is 2. The fraction of sp³-hybridized carbons (Fsp3) is 0.250. The second-order valence-electron chi connectivity index (χ2n) is 3.63. The minimum Gasteiger partial charge on any atom is -0.493 e. The summed E-state index contributed by atoms with van der Waals surface area (Å²) in [7, 11) is 3.00. The quantitative estimate of drug-likeness (QED) is 0.804. The van der Waals surface area contributed by atoms with Crippen LogP contribution < -0.4 is 15.2 Å². The summed E-state index contributed by atoms with van der Waals surface area (Å²) in [6.45, 7) is 0.136. The fourth-order valence-electron chi connectivity index (χ4n) is 1.63. The topological polar surface area (TPSA) is 100 Å². The normalized spacial score (nSPS) is 10.3. The number of nitrogens with two attached hydrogens (primary N) is 1. The Kier molecular flexibility index (Phi) is 3.76. The molecule has 100 valence electrons. The van der Waals surface area contributed by atoms with E-state index in [1.165, 1.54) is 14.2 Å². The Labute approximate surface area is 109 Å². The van der Waals surface area contributed by atoms with Crippen LogP contribution in [0.2, 0.25) is 0 Å². The standard InChI is InChI=1S/C12H13N3O4/c1-17-9-3-7(6-16)8(4-10(9)18-2)12-14-11(5-13)19-15-12/h3-4,6H,5,13H2,1-2H3. The third-order valence-corrected chi connectivity index (χ3v) is 2.57. The lowest BCUT2D eigenvalue weighted by atomic mass is 10.1. The van der Waals surface area contributed by atoms with Gasteiger partial charge in [0.1, 0.15) is 0 Å². The summed E-state index contributed by atoms with van der Waals surface area (Å²) in [5.74, 6) is 1.50. The summed E-state index contributed by atoms with van der Waals surface area (Å²) < 4.78 is 15.2. The monoisotopic (exact) mass is 263 g/mol. The molecule has 0 aliphatic heterocycles. The number of ether oxygens (including phenoxy) is 2. The first-order valence-corrected chi connectivity index (χ1v) is 5.47. The number of aromatic nitrogens is 2. The molecule has 1 aromatic heterocycles. The number of rotatable bonds is 5. The van der Waals surface area contributed by atoms with Gasteiger partial charge in [-0.05, 0) is 12.1 Å². The van der Waals surface area contributed by atoms with Gasteiger partial charge in [0.25, 0.3) is 0 Å². The van der Waals surface area contributed by atoms with Crippen molar-refractivity contribution < 1.29 is 18.8 Å². The zero-order valence-electron chi connectivity index (χ0n) is 10.5. The summed E-state index contributed by atoms with van der Waals surface area (Å²) in [6.07, 6.45) is 0.690. The first-order valence-electron chi connectivity index (χ1n) is 5.47. The van der Waals surface area contributed by atoms with Gasteiger partial charge >= 0.3 is 0 Å². The van der Waals surface area contributed by atoms with Gasteiger partial charge in [-0.15, -0.1) is 0 Å². The summed E-state index contributed by atoms with van der Waals surface area (Å²) in [6, 6.07) is 3.17. The Hall–Kier alpha value is -2.41. The van der Waals surface area contributed by atoms with Crippen LogP contribution in [0.5, 0.6) is 11.5 Å². The molecule has 0 aliphatic rings. The lowest BCUT2D eigenvalue weighted by Crippen LogP contribution is -1.98. The lowest BCUT2D eigenvalue weighted by molar-refractivity contribution is 0.112. The molecule has 2 aromatic rings. The van der Waals surface area contributed by atoms with Crippen LogP contribution in [0.25, 0.3) is 11.4 Å². The molecular weight excluding hydrogens is 250 g/mol. The van der Waals surface area contributed by atoms with Gasteiger partial charge in [0.15, 0.2) is 17.8 Å². The minimum absolute atomic E-state index is 0.136. The molecule has 2 rings (SSSR count). The maximum Gasteiger partial charge on any atom is 0.240 e. The van der Waals surface area contributed by atoms with Crippen molar-refractivity contribution >= 4 is 6.29 Å². The number of carbonyl (C=O) groups is 1. The number of hydrogen-bond donors (Lipinski definition) is 1. The fourth-order valence-corrected chi connectivity index (χ4v) is 1.63. The lowest BCUT2D eigenvalue weighted by Gasteiger charge is -2.10. The van der Waals surface area contributed by atoms with Crippen molar-refractivity contribution in [2.75, 3.05) is 14.2 Å². The van der Waals surface area contributed by atoms with Crippen LogP contribution in [0, 0.1) is 0 Å². The molecule has 7 nitrogen and oxygen atoms in total. The molecule has 1 aromatic carbocycles. The molecule has 0 bridgehead atoms. The van der Waals surface area contributed by atoms with Crippen LogP contribution in [0.4, 0.5) is 0 Å². The third-order valence-electron chi connectivity index (χ3n) is 2.57. The van der Waals surface area contributed by atoms with E-state index in [2.05, 4.69) is 10.1 Å². The van der Waals surface area contributed by atoms with Gasteiger partial charge in [0, 0.05) is 11.1 Å². The highest BCUT2D eigenvalue weighted by Gasteiger charge is 2.16. The van der Waals surface area contributed by atoms with Gasteiger partial charge in [-0.2, -0.15) is 4.98 Å². The Morgan fingerprint density at radius 3 is 2.53 bits per heavy atom. The van der Waals surface area contributed by atoms with Gasteiger partial charge in [-0.25, -0.2) is 0 Å². The highest BCUT2D eigenvalue weighted by atomic mass is 16.5. The third kappa shape index (κ3) is 2.41. The predicted molar refractivity (Wildman–Crippen MR) is 66.1 cm³/mol. The average Bonchev–Trinajstić information content (AvgIpc) is 2.94. The first kappa shape index (κ1) is 13.0. The predicted octanol–water partition coefficient (Wildman–Crippen LogP) is 1.02. The van der Waals surface area contributed by atoms with Crippen molar-refractivity contribution in [2.45, 2.75) is 6.54 Å². The number of benzene rings is 1. The van der Waals surface area contributed by atoms with Crippen LogP contribution >= 0.6 is 0 Å². The van der Waals surface area contributed by atoms with E-state index in [4.69, 9.17) is 19.7 Å². The van der Waals surface area contributed by atoms with Crippen LogP contribution in [-0.4, -0.2) is 30.6 Å². The van der Waals surface area contributed by atoms with E-state index < -0.39 is 0 Å². The highest BCUT2D eigenvalue weighted by Crippen LogP contribution is 2.33. The summed E-state index contributed by atoms with van der Waals surface area (Å²) in [5.41, 5.74) is 6.28. The molecule has 0 radical (unpaired) electrons. The SMILES string of the molecule is COc1cc(C=O)c(-c2noc(CN)n2)cc1OC. The van der Waals surface area contributed by atoms with Crippen LogP contribution in [-0.2, 0) is 6.54 Å². The van der Waals surface area contributed by atoms with Crippen molar-refractivity contribution in [1.29, 1.82) is 0 Å². The molecule has 0 saturated carbocycles. The average molecular weight is 263 g/mol. The molecule has 2 N–H and O–H groups in total. The van der Waals surface area contributed by atoms with Gasteiger partial charge in [-0.3, -0.25) is 4.79 Å². The molecule has 0 atom stereocenters. The van der Waals surface area contributed by atoms with Crippen LogP contribution in [0.15, 0.2) is 16.7 Å². The smallest absolute Gasteiger partial charge is 0.240 e. The largest absolute Gasteiger partial charge is 0.493 e. The maximum absolute atomic E-state index is 11.1. The van der Waals surface area contributed by atoms with Crippen molar-refractivity contribution in [2.24, 2.45) is 5.73 Å². The second-order valence-corrected chi connectivity index (χ2v) is 3.63. The van der Waals surface area contributed by atoms with Crippen molar-refractivity contribution in [1.82, 2.24) is 10.1 Å². The molecule has 0 fully saturated rings. The highest BCUT2D eigenvalue weighted by molar-refractivity contribution is 5.87. The molecule has 7 heteroatoms. The van der Waals surface area contributed by atoms with Crippen LogP contribution in [0.1, 0.15) is 16.2 Å². The zero-order valence-corrected chi connectivity index (χ0v) is 10.5.